The second kappa shape index (κ2) is 6.26. The number of hydrogen-bond acceptors (Lipinski definition) is 3. The smallest absolute Gasteiger partial charge is 0.272 e. The van der Waals surface area contributed by atoms with Crippen molar-refractivity contribution in [3.63, 3.8) is 0 Å². The van der Waals surface area contributed by atoms with E-state index in [0.29, 0.717) is 12.6 Å². The Kier molecular flexibility index (Phi) is 3.96. The van der Waals surface area contributed by atoms with Crippen molar-refractivity contribution >= 4 is 11.5 Å². The van der Waals surface area contributed by atoms with Crippen molar-refractivity contribution in [1.29, 1.82) is 0 Å². The third kappa shape index (κ3) is 2.66. The van der Waals surface area contributed by atoms with Crippen LogP contribution in [0.5, 0.6) is 0 Å². The summed E-state index contributed by atoms with van der Waals surface area (Å²) in [6.45, 7) is 1.39. The molecule has 1 amide bonds. The molecule has 4 rings (SSSR count). The van der Waals surface area contributed by atoms with Crippen LogP contribution in [0.2, 0.25) is 0 Å². The van der Waals surface area contributed by atoms with E-state index in [-0.39, 0.29) is 5.91 Å². The van der Waals surface area contributed by atoms with E-state index in [9.17, 15) is 4.79 Å². The van der Waals surface area contributed by atoms with E-state index in [1.807, 2.05) is 39.6 Å². The summed E-state index contributed by atoms with van der Waals surface area (Å²) < 4.78 is 3.84. The monoisotopic (exact) mass is 325 g/mol. The highest BCUT2D eigenvalue weighted by Gasteiger charge is 2.26. The molecule has 0 spiro atoms. The van der Waals surface area contributed by atoms with Gasteiger partial charge in [-0.1, -0.05) is 18.9 Å². The lowest BCUT2D eigenvalue weighted by atomic mass is 10.0. The highest BCUT2D eigenvalue weighted by atomic mass is 16.2. The van der Waals surface area contributed by atoms with Crippen molar-refractivity contribution in [2.75, 3.05) is 13.1 Å². The first-order valence-electron chi connectivity index (χ1n) is 8.74. The van der Waals surface area contributed by atoms with Gasteiger partial charge in [-0.15, -0.1) is 0 Å². The lowest BCUT2D eigenvalue weighted by Gasteiger charge is -2.27. The van der Waals surface area contributed by atoms with Crippen molar-refractivity contribution in [1.82, 2.24) is 24.5 Å². The number of hydrogen-bond donors (Lipinski definition) is 0. The molecule has 0 bridgehead atoms. The van der Waals surface area contributed by atoms with Crippen molar-refractivity contribution < 1.29 is 4.79 Å². The highest BCUT2D eigenvalue weighted by molar-refractivity contribution is 5.93. The summed E-state index contributed by atoms with van der Waals surface area (Å²) in [4.78, 5) is 14.8. The minimum atomic E-state index is 0.0970. The summed E-state index contributed by atoms with van der Waals surface area (Å²) in [5.74, 6) is 0.0970. The molecule has 24 heavy (non-hydrogen) atoms. The Hall–Kier alpha value is -2.37. The maximum atomic E-state index is 12.9. The third-order valence-electron chi connectivity index (χ3n) is 5.21. The van der Waals surface area contributed by atoms with Crippen LogP contribution in [-0.2, 0) is 7.05 Å². The first-order chi connectivity index (χ1) is 11.7. The maximum absolute atomic E-state index is 12.9. The van der Waals surface area contributed by atoms with E-state index in [2.05, 4.69) is 16.3 Å². The molecule has 1 aliphatic carbocycles. The van der Waals surface area contributed by atoms with Gasteiger partial charge in [0.25, 0.3) is 5.91 Å². The topological polar surface area (TPSA) is 56.0 Å². The summed E-state index contributed by atoms with van der Waals surface area (Å²) in [6.07, 6.45) is 11.3. The lowest BCUT2D eigenvalue weighted by Crippen LogP contribution is -2.36. The van der Waals surface area contributed by atoms with Crippen molar-refractivity contribution in [2.24, 2.45) is 7.05 Å². The number of aromatic nitrogens is 4. The van der Waals surface area contributed by atoms with Gasteiger partial charge in [0.15, 0.2) is 0 Å². The predicted molar refractivity (Wildman–Crippen MR) is 91.4 cm³/mol. The molecule has 0 unspecified atom stereocenters. The molecule has 1 saturated carbocycles. The number of carbonyl (C=O) groups is 1. The minimum absolute atomic E-state index is 0.0970. The molecule has 0 saturated heterocycles. The number of aryl methyl sites for hydroxylation is 1. The normalized spacial score (nSPS) is 18.9. The molecule has 0 radical (unpaired) electrons. The SMILES string of the molecule is Cn1nccc1C1=CCN(C(=O)c2ccnn2C2CCCC2)CC1. The molecule has 0 N–H and O–H groups in total. The first kappa shape index (κ1) is 15.2. The van der Waals surface area contributed by atoms with Crippen LogP contribution >= 0.6 is 0 Å². The summed E-state index contributed by atoms with van der Waals surface area (Å²) in [5.41, 5.74) is 3.14. The lowest BCUT2D eigenvalue weighted by molar-refractivity contribution is 0.0757. The third-order valence-corrected chi connectivity index (χ3v) is 5.21. The molecule has 2 aromatic heterocycles. The fraction of sp³-hybridized carbons (Fsp3) is 0.500. The molecule has 6 nitrogen and oxygen atoms in total. The molecule has 2 aromatic rings. The van der Waals surface area contributed by atoms with Crippen LogP contribution in [-0.4, -0.2) is 43.5 Å². The van der Waals surface area contributed by atoms with Gasteiger partial charge in [-0.25, -0.2) is 0 Å². The van der Waals surface area contributed by atoms with Gasteiger partial charge in [0.05, 0.1) is 11.7 Å². The van der Waals surface area contributed by atoms with Gasteiger partial charge in [-0.2, -0.15) is 10.2 Å². The average Bonchev–Trinajstić information content (AvgIpc) is 3.35. The van der Waals surface area contributed by atoms with Crippen LogP contribution < -0.4 is 0 Å². The van der Waals surface area contributed by atoms with E-state index < -0.39 is 0 Å². The van der Waals surface area contributed by atoms with E-state index >= 15 is 0 Å². The van der Waals surface area contributed by atoms with Crippen LogP contribution in [0.15, 0.2) is 30.6 Å². The Morgan fingerprint density at radius 1 is 1.17 bits per heavy atom. The molecule has 1 fully saturated rings. The van der Waals surface area contributed by atoms with Crippen LogP contribution in [0.4, 0.5) is 0 Å². The Bertz CT molecular complexity index is 766. The zero-order chi connectivity index (χ0) is 16.5. The molecule has 6 heteroatoms. The van der Waals surface area contributed by atoms with Gasteiger partial charge in [-0.3, -0.25) is 14.2 Å². The molecular formula is C18H23N5O. The van der Waals surface area contributed by atoms with Gasteiger partial charge < -0.3 is 4.90 Å². The Morgan fingerprint density at radius 2 is 1.96 bits per heavy atom. The quantitative estimate of drug-likeness (QED) is 0.872. The molecular weight excluding hydrogens is 302 g/mol. The Morgan fingerprint density at radius 3 is 2.62 bits per heavy atom. The summed E-state index contributed by atoms with van der Waals surface area (Å²) in [7, 11) is 1.95. The van der Waals surface area contributed by atoms with Crippen molar-refractivity contribution in [2.45, 2.75) is 38.1 Å². The minimum Gasteiger partial charge on any atom is -0.333 e. The van der Waals surface area contributed by atoms with Crippen LogP contribution in [0.25, 0.3) is 5.57 Å². The molecule has 2 aliphatic rings. The second-order valence-electron chi connectivity index (χ2n) is 6.67. The predicted octanol–water partition coefficient (Wildman–Crippen LogP) is 2.66. The standard InChI is InChI=1S/C18H23N5O/c1-21-16(6-10-19-21)14-8-12-22(13-9-14)18(24)17-7-11-20-23(17)15-4-2-3-5-15/h6-8,10-11,15H,2-5,9,12-13H2,1H3. The van der Waals surface area contributed by atoms with Crippen LogP contribution in [0, 0.1) is 0 Å². The summed E-state index contributed by atoms with van der Waals surface area (Å²) >= 11 is 0. The van der Waals surface area contributed by atoms with E-state index in [4.69, 9.17) is 0 Å². The fourth-order valence-corrected chi connectivity index (χ4v) is 3.86. The molecule has 0 aromatic carbocycles. The number of rotatable bonds is 3. The molecule has 3 heterocycles. The van der Waals surface area contributed by atoms with Crippen LogP contribution in [0.3, 0.4) is 0 Å². The summed E-state index contributed by atoms with van der Waals surface area (Å²) in [5, 5.41) is 8.65. The average molecular weight is 325 g/mol. The Labute approximate surface area is 141 Å². The van der Waals surface area contributed by atoms with E-state index in [1.165, 1.54) is 18.4 Å². The number of amides is 1. The van der Waals surface area contributed by atoms with Gasteiger partial charge in [0, 0.05) is 32.5 Å². The van der Waals surface area contributed by atoms with Gasteiger partial charge >= 0.3 is 0 Å². The summed E-state index contributed by atoms with van der Waals surface area (Å²) in [6, 6.07) is 4.28. The first-order valence-corrected chi connectivity index (χ1v) is 8.74. The zero-order valence-electron chi connectivity index (χ0n) is 14.1. The van der Waals surface area contributed by atoms with Gasteiger partial charge in [0.1, 0.15) is 5.69 Å². The van der Waals surface area contributed by atoms with Crippen molar-refractivity contribution in [3.05, 3.63) is 42.0 Å². The largest absolute Gasteiger partial charge is 0.333 e. The van der Waals surface area contributed by atoms with Gasteiger partial charge in [0.2, 0.25) is 0 Å². The molecule has 126 valence electrons. The molecule has 0 atom stereocenters. The maximum Gasteiger partial charge on any atom is 0.272 e. The van der Waals surface area contributed by atoms with E-state index in [1.54, 1.807) is 6.20 Å². The van der Waals surface area contributed by atoms with E-state index in [0.717, 1.165) is 37.2 Å². The zero-order valence-corrected chi connectivity index (χ0v) is 14.1. The highest BCUT2D eigenvalue weighted by Crippen LogP contribution is 2.30. The fourth-order valence-electron chi connectivity index (χ4n) is 3.86. The molecule has 1 aliphatic heterocycles. The Balaban J connectivity index is 1.50. The number of carbonyl (C=O) groups excluding carboxylic acids is 1. The van der Waals surface area contributed by atoms with Crippen molar-refractivity contribution in [3.8, 4) is 0 Å². The van der Waals surface area contributed by atoms with Crippen LogP contribution in [0.1, 0.15) is 54.3 Å². The van der Waals surface area contributed by atoms with Gasteiger partial charge in [-0.05, 0) is 37.0 Å². The second-order valence-corrected chi connectivity index (χ2v) is 6.67. The number of nitrogens with zero attached hydrogens (tertiary/aromatic N) is 5.